The van der Waals surface area contributed by atoms with E-state index in [2.05, 4.69) is 42.3 Å². The molecule has 106 valence electrons. The number of nitrogens with two attached hydrogens (primary N) is 1. The van der Waals surface area contributed by atoms with E-state index >= 15 is 0 Å². The molecule has 0 saturated heterocycles. The number of halogens is 1. The molecule has 20 heavy (non-hydrogen) atoms. The van der Waals surface area contributed by atoms with E-state index in [0.717, 1.165) is 18.0 Å². The fourth-order valence-electron chi connectivity index (χ4n) is 2.38. The molecule has 0 aliphatic carbocycles. The molecule has 0 saturated carbocycles. The van der Waals surface area contributed by atoms with Crippen LogP contribution >= 0.6 is 11.6 Å². The molecule has 1 atom stereocenters. The quantitative estimate of drug-likeness (QED) is 0.905. The van der Waals surface area contributed by atoms with E-state index in [-0.39, 0.29) is 6.04 Å². The summed E-state index contributed by atoms with van der Waals surface area (Å²) < 4.78 is 0. The average Bonchev–Trinajstić information content (AvgIpc) is 2.39. The predicted molar refractivity (Wildman–Crippen MR) is 87.4 cm³/mol. The van der Waals surface area contributed by atoms with Crippen LogP contribution in [0.2, 0.25) is 5.02 Å². The summed E-state index contributed by atoms with van der Waals surface area (Å²) >= 11 is 6.11. The van der Waals surface area contributed by atoms with Crippen molar-refractivity contribution in [1.82, 2.24) is 0 Å². The largest absolute Gasteiger partial charge is 0.370 e. The molecular weight excluding hydrogens is 268 g/mol. The Hall–Kier alpha value is -1.51. The molecular formula is C17H21ClN2. The summed E-state index contributed by atoms with van der Waals surface area (Å²) in [5.74, 6) is 0. The van der Waals surface area contributed by atoms with Gasteiger partial charge in [-0.05, 0) is 42.7 Å². The first-order valence-electron chi connectivity index (χ1n) is 6.85. The van der Waals surface area contributed by atoms with E-state index in [1.54, 1.807) is 0 Å². The maximum atomic E-state index is 6.11. The van der Waals surface area contributed by atoms with Crippen LogP contribution in [-0.4, -0.2) is 13.1 Å². The number of benzene rings is 2. The van der Waals surface area contributed by atoms with Gasteiger partial charge in [0, 0.05) is 30.3 Å². The lowest BCUT2D eigenvalue weighted by molar-refractivity contribution is 0.734. The van der Waals surface area contributed by atoms with Crippen molar-refractivity contribution in [2.75, 3.05) is 11.9 Å². The second-order valence-electron chi connectivity index (χ2n) is 5.30. The Bertz CT molecular complexity index is 552. The van der Waals surface area contributed by atoms with Crippen LogP contribution in [-0.2, 0) is 13.0 Å². The van der Waals surface area contributed by atoms with Gasteiger partial charge in [0.1, 0.15) is 0 Å². The van der Waals surface area contributed by atoms with Crippen molar-refractivity contribution in [3.05, 3.63) is 64.7 Å². The van der Waals surface area contributed by atoms with E-state index in [4.69, 9.17) is 17.3 Å². The molecule has 0 bridgehead atoms. The first-order chi connectivity index (χ1) is 9.56. The zero-order valence-electron chi connectivity index (χ0n) is 12.0. The molecule has 0 aliphatic heterocycles. The van der Waals surface area contributed by atoms with Crippen molar-refractivity contribution in [3.8, 4) is 0 Å². The van der Waals surface area contributed by atoms with Crippen LogP contribution in [0, 0.1) is 0 Å². The van der Waals surface area contributed by atoms with Crippen LogP contribution in [0.5, 0.6) is 0 Å². The number of nitrogens with zero attached hydrogens (tertiary/aromatic N) is 1. The summed E-state index contributed by atoms with van der Waals surface area (Å²) in [5, 5.41) is 0.762. The van der Waals surface area contributed by atoms with Gasteiger partial charge in [-0.15, -0.1) is 0 Å². The minimum atomic E-state index is 0.123. The summed E-state index contributed by atoms with van der Waals surface area (Å²) in [6.07, 6.45) is 0.828. The molecule has 0 radical (unpaired) electrons. The number of hydrogen-bond donors (Lipinski definition) is 1. The van der Waals surface area contributed by atoms with Gasteiger partial charge in [-0.2, -0.15) is 0 Å². The lowest BCUT2D eigenvalue weighted by atomic mass is 10.0. The predicted octanol–water partition coefficient (Wildman–Crippen LogP) is 3.87. The van der Waals surface area contributed by atoms with Crippen LogP contribution in [0.1, 0.15) is 18.1 Å². The Morgan fingerprint density at radius 1 is 1.15 bits per heavy atom. The molecule has 0 heterocycles. The second kappa shape index (κ2) is 6.78. The van der Waals surface area contributed by atoms with Crippen LogP contribution < -0.4 is 10.6 Å². The van der Waals surface area contributed by atoms with Gasteiger partial charge in [0.25, 0.3) is 0 Å². The summed E-state index contributed by atoms with van der Waals surface area (Å²) in [7, 11) is 2.10. The van der Waals surface area contributed by atoms with Crippen LogP contribution in [0.4, 0.5) is 5.69 Å². The number of anilines is 1. The average molecular weight is 289 g/mol. The molecule has 3 heteroatoms. The minimum absolute atomic E-state index is 0.123. The minimum Gasteiger partial charge on any atom is -0.370 e. The van der Waals surface area contributed by atoms with Gasteiger partial charge in [-0.1, -0.05) is 41.9 Å². The van der Waals surface area contributed by atoms with Gasteiger partial charge in [-0.25, -0.2) is 0 Å². The van der Waals surface area contributed by atoms with E-state index in [1.807, 2.05) is 25.1 Å². The van der Waals surface area contributed by atoms with E-state index in [0.29, 0.717) is 0 Å². The molecule has 0 aliphatic rings. The Balaban J connectivity index is 2.22. The van der Waals surface area contributed by atoms with E-state index < -0.39 is 0 Å². The number of hydrogen-bond acceptors (Lipinski definition) is 2. The topological polar surface area (TPSA) is 29.3 Å². The molecule has 0 spiro atoms. The van der Waals surface area contributed by atoms with Crippen molar-refractivity contribution in [2.45, 2.75) is 25.9 Å². The standard InChI is InChI=1S/C17H21ClN2/c1-13(19)10-15-11-16(18)8-9-17(15)20(2)12-14-6-4-3-5-7-14/h3-9,11,13H,10,12,19H2,1-2H3. The summed E-state index contributed by atoms with van der Waals surface area (Å²) in [6.45, 7) is 2.89. The van der Waals surface area contributed by atoms with Crippen molar-refractivity contribution in [1.29, 1.82) is 0 Å². The Labute approximate surface area is 126 Å². The monoisotopic (exact) mass is 288 g/mol. The molecule has 2 rings (SSSR count). The molecule has 0 fully saturated rings. The first-order valence-corrected chi connectivity index (χ1v) is 7.23. The highest BCUT2D eigenvalue weighted by molar-refractivity contribution is 6.30. The van der Waals surface area contributed by atoms with E-state index in [9.17, 15) is 0 Å². The fraction of sp³-hybridized carbons (Fsp3) is 0.294. The van der Waals surface area contributed by atoms with Gasteiger partial charge in [0.2, 0.25) is 0 Å². The van der Waals surface area contributed by atoms with Crippen molar-refractivity contribution in [2.24, 2.45) is 5.73 Å². The lowest BCUT2D eigenvalue weighted by Crippen LogP contribution is -2.22. The van der Waals surface area contributed by atoms with Gasteiger partial charge < -0.3 is 10.6 Å². The molecule has 1 unspecified atom stereocenters. The third kappa shape index (κ3) is 3.99. The smallest absolute Gasteiger partial charge is 0.0426 e. The molecule has 0 aromatic heterocycles. The maximum Gasteiger partial charge on any atom is 0.0426 e. The second-order valence-corrected chi connectivity index (χ2v) is 5.73. The summed E-state index contributed by atoms with van der Waals surface area (Å²) in [5.41, 5.74) is 9.61. The zero-order chi connectivity index (χ0) is 14.5. The van der Waals surface area contributed by atoms with Crippen LogP contribution in [0.15, 0.2) is 48.5 Å². The Kier molecular flexibility index (Phi) is 5.05. The normalized spacial score (nSPS) is 12.2. The molecule has 2 N–H and O–H groups in total. The SMILES string of the molecule is CC(N)Cc1cc(Cl)ccc1N(C)Cc1ccccc1. The third-order valence-electron chi connectivity index (χ3n) is 3.26. The van der Waals surface area contributed by atoms with Gasteiger partial charge >= 0.3 is 0 Å². The van der Waals surface area contributed by atoms with Gasteiger partial charge in [-0.3, -0.25) is 0 Å². The van der Waals surface area contributed by atoms with Crippen molar-refractivity contribution >= 4 is 17.3 Å². The fourth-order valence-corrected chi connectivity index (χ4v) is 2.57. The summed E-state index contributed by atoms with van der Waals surface area (Å²) in [4.78, 5) is 2.24. The van der Waals surface area contributed by atoms with Gasteiger partial charge in [0.15, 0.2) is 0 Å². The van der Waals surface area contributed by atoms with Crippen LogP contribution in [0.25, 0.3) is 0 Å². The molecule has 2 aromatic rings. The third-order valence-corrected chi connectivity index (χ3v) is 3.49. The highest BCUT2D eigenvalue weighted by atomic mass is 35.5. The molecule has 0 amide bonds. The lowest BCUT2D eigenvalue weighted by Gasteiger charge is -2.23. The Morgan fingerprint density at radius 3 is 2.50 bits per heavy atom. The first kappa shape index (κ1) is 14.9. The highest BCUT2D eigenvalue weighted by Gasteiger charge is 2.10. The zero-order valence-corrected chi connectivity index (χ0v) is 12.8. The molecule has 2 aromatic carbocycles. The maximum absolute atomic E-state index is 6.11. The van der Waals surface area contributed by atoms with Crippen molar-refractivity contribution in [3.63, 3.8) is 0 Å². The van der Waals surface area contributed by atoms with Crippen molar-refractivity contribution < 1.29 is 0 Å². The summed E-state index contributed by atoms with van der Waals surface area (Å²) in [6, 6.07) is 16.6. The van der Waals surface area contributed by atoms with E-state index in [1.165, 1.54) is 16.8 Å². The molecule has 2 nitrogen and oxygen atoms in total. The van der Waals surface area contributed by atoms with Gasteiger partial charge in [0.05, 0.1) is 0 Å². The number of rotatable bonds is 5. The Morgan fingerprint density at radius 2 is 1.85 bits per heavy atom. The van der Waals surface area contributed by atoms with Crippen LogP contribution in [0.3, 0.4) is 0 Å². The highest BCUT2D eigenvalue weighted by Crippen LogP contribution is 2.25.